The van der Waals surface area contributed by atoms with E-state index >= 15 is 0 Å². The van der Waals surface area contributed by atoms with E-state index < -0.39 is 5.91 Å². The van der Waals surface area contributed by atoms with E-state index in [-0.39, 0.29) is 30.8 Å². The number of rotatable bonds is 9. The summed E-state index contributed by atoms with van der Waals surface area (Å²) >= 11 is 0. The Kier molecular flexibility index (Phi) is 7.55. The number of hydrogen-bond donors (Lipinski definition) is 1. The number of aromatic nitrogens is 2. The van der Waals surface area contributed by atoms with E-state index in [9.17, 15) is 14.0 Å². The maximum Gasteiger partial charge on any atom is 0.254 e. The number of nitrogens with one attached hydrogen (secondary N) is 1. The number of methoxy groups -OCH3 is 1. The zero-order valence-corrected chi connectivity index (χ0v) is 19.7. The molecule has 0 bridgehead atoms. The second kappa shape index (κ2) is 11.1. The van der Waals surface area contributed by atoms with Crippen LogP contribution in [0.15, 0.2) is 97.7 Å². The van der Waals surface area contributed by atoms with Crippen LogP contribution in [0.1, 0.15) is 10.4 Å². The number of carbonyl (C=O) groups is 2. The summed E-state index contributed by atoms with van der Waals surface area (Å²) in [6.45, 7) is 3.67. The first-order chi connectivity index (χ1) is 17.5. The van der Waals surface area contributed by atoms with Crippen LogP contribution in [-0.2, 0) is 4.79 Å². The van der Waals surface area contributed by atoms with Gasteiger partial charge in [-0.1, -0.05) is 36.4 Å². The van der Waals surface area contributed by atoms with E-state index in [4.69, 9.17) is 4.74 Å². The predicted molar refractivity (Wildman–Crippen MR) is 137 cm³/mol. The first kappa shape index (κ1) is 24.4. The Labute approximate surface area is 208 Å². The van der Waals surface area contributed by atoms with Crippen LogP contribution < -0.4 is 10.1 Å². The highest BCUT2D eigenvalue weighted by Gasteiger charge is 2.20. The molecule has 0 atom stereocenters. The normalized spacial score (nSPS) is 10.5. The number of imidazole rings is 1. The van der Waals surface area contributed by atoms with E-state index in [0.717, 1.165) is 5.56 Å². The largest absolute Gasteiger partial charge is 0.497 e. The molecular formula is C28H25FN4O3. The average molecular weight is 485 g/mol. The first-order valence-electron chi connectivity index (χ1n) is 11.2. The first-order valence-corrected chi connectivity index (χ1v) is 11.2. The van der Waals surface area contributed by atoms with Gasteiger partial charge in [0.15, 0.2) is 0 Å². The summed E-state index contributed by atoms with van der Waals surface area (Å²) in [4.78, 5) is 32.1. The highest BCUT2D eigenvalue weighted by Crippen LogP contribution is 2.24. The van der Waals surface area contributed by atoms with Crippen LogP contribution >= 0.6 is 0 Å². The Balaban J connectivity index is 1.58. The molecule has 4 aromatic rings. The third kappa shape index (κ3) is 5.67. The molecule has 0 fully saturated rings. The third-order valence-electron chi connectivity index (χ3n) is 5.44. The van der Waals surface area contributed by atoms with Crippen LogP contribution in [0.5, 0.6) is 5.75 Å². The van der Waals surface area contributed by atoms with Gasteiger partial charge in [0.05, 0.1) is 12.8 Å². The maximum absolute atomic E-state index is 13.5. The lowest BCUT2D eigenvalue weighted by atomic mass is 10.2. The number of carbonyl (C=O) groups excluding carboxylic acids is 2. The fraction of sp³-hybridized carbons (Fsp3) is 0.107. The van der Waals surface area contributed by atoms with E-state index in [2.05, 4.69) is 16.9 Å². The van der Waals surface area contributed by atoms with Gasteiger partial charge < -0.3 is 9.64 Å². The van der Waals surface area contributed by atoms with Crippen molar-refractivity contribution in [2.24, 2.45) is 0 Å². The van der Waals surface area contributed by atoms with Crippen LogP contribution in [-0.4, -0.2) is 46.5 Å². The van der Waals surface area contributed by atoms with Crippen molar-refractivity contribution in [1.29, 1.82) is 0 Å². The molecule has 182 valence electrons. The molecule has 7 nitrogen and oxygen atoms in total. The average Bonchev–Trinajstić information content (AvgIpc) is 3.32. The second-order valence-corrected chi connectivity index (χ2v) is 7.91. The van der Waals surface area contributed by atoms with Gasteiger partial charge in [0, 0.05) is 29.6 Å². The standard InChI is InChI=1S/C28H25FN4O3/c1-3-17-32(27(35)21-9-15-24(36-2)16-10-21)19-26(34)31-28-30-25(20-7-5-4-6-8-20)18-33(28)23-13-11-22(29)12-14-23/h3-16,18H,1,17,19H2,2H3,(H,30,31,34). The van der Waals surface area contributed by atoms with Crippen LogP contribution in [0, 0.1) is 5.82 Å². The van der Waals surface area contributed by atoms with Crippen LogP contribution in [0.25, 0.3) is 16.9 Å². The number of nitrogens with zero attached hydrogens (tertiary/aromatic N) is 3. The van der Waals surface area contributed by atoms with Crippen LogP contribution in [0.2, 0.25) is 0 Å². The van der Waals surface area contributed by atoms with Crippen molar-refractivity contribution < 1.29 is 18.7 Å². The molecule has 0 saturated heterocycles. The third-order valence-corrected chi connectivity index (χ3v) is 5.44. The minimum atomic E-state index is -0.438. The fourth-order valence-electron chi connectivity index (χ4n) is 3.64. The summed E-state index contributed by atoms with van der Waals surface area (Å²) in [5.41, 5.74) is 2.53. The second-order valence-electron chi connectivity index (χ2n) is 7.91. The van der Waals surface area contributed by atoms with Gasteiger partial charge in [0.1, 0.15) is 18.1 Å². The van der Waals surface area contributed by atoms with Gasteiger partial charge in [0.25, 0.3) is 5.91 Å². The zero-order valence-electron chi connectivity index (χ0n) is 19.7. The lowest BCUT2D eigenvalue weighted by Gasteiger charge is -2.21. The number of benzene rings is 3. The molecule has 36 heavy (non-hydrogen) atoms. The predicted octanol–water partition coefficient (Wildman–Crippen LogP) is 4.95. The number of amides is 2. The van der Waals surface area contributed by atoms with Gasteiger partial charge in [-0.2, -0.15) is 0 Å². The van der Waals surface area contributed by atoms with E-state index in [1.165, 1.54) is 17.0 Å². The maximum atomic E-state index is 13.5. The molecule has 0 aliphatic heterocycles. The number of hydrogen-bond acceptors (Lipinski definition) is 4. The molecular weight excluding hydrogens is 459 g/mol. The molecule has 0 unspecified atom stereocenters. The van der Waals surface area contributed by atoms with Crippen LogP contribution in [0.3, 0.4) is 0 Å². The number of halogens is 1. The Morgan fingerprint density at radius 1 is 1.06 bits per heavy atom. The smallest absolute Gasteiger partial charge is 0.254 e. The minimum absolute atomic E-state index is 0.181. The molecule has 4 rings (SSSR count). The summed E-state index contributed by atoms with van der Waals surface area (Å²) in [6.07, 6.45) is 3.32. The Morgan fingerprint density at radius 3 is 2.39 bits per heavy atom. The van der Waals surface area contributed by atoms with Gasteiger partial charge >= 0.3 is 0 Å². The highest BCUT2D eigenvalue weighted by molar-refractivity contribution is 5.99. The fourth-order valence-corrected chi connectivity index (χ4v) is 3.64. The van der Waals surface area contributed by atoms with Crippen molar-refractivity contribution in [3.05, 3.63) is 109 Å². The highest BCUT2D eigenvalue weighted by atomic mass is 19.1. The molecule has 0 radical (unpaired) electrons. The quantitative estimate of drug-likeness (QED) is 0.341. The SMILES string of the molecule is C=CCN(CC(=O)Nc1nc(-c2ccccc2)cn1-c1ccc(F)cc1)C(=O)c1ccc(OC)cc1. The van der Waals surface area contributed by atoms with Gasteiger partial charge in [-0.15, -0.1) is 6.58 Å². The topological polar surface area (TPSA) is 76.5 Å². The molecule has 1 N–H and O–H groups in total. The van der Waals surface area contributed by atoms with Crippen molar-refractivity contribution in [2.45, 2.75) is 0 Å². The van der Waals surface area contributed by atoms with E-state index in [1.807, 2.05) is 30.3 Å². The molecule has 0 saturated carbocycles. The van der Waals surface area contributed by atoms with E-state index in [1.54, 1.807) is 60.3 Å². The number of ether oxygens (including phenoxy) is 1. The summed E-state index contributed by atoms with van der Waals surface area (Å²) in [7, 11) is 1.55. The van der Waals surface area contributed by atoms with Crippen molar-refractivity contribution in [3.63, 3.8) is 0 Å². The molecule has 3 aromatic carbocycles. The molecule has 1 heterocycles. The Hall–Kier alpha value is -4.72. The van der Waals surface area contributed by atoms with Gasteiger partial charge in [0.2, 0.25) is 11.9 Å². The van der Waals surface area contributed by atoms with Crippen molar-refractivity contribution in [3.8, 4) is 22.7 Å². The van der Waals surface area contributed by atoms with Gasteiger partial charge in [-0.25, -0.2) is 9.37 Å². The monoisotopic (exact) mass is 484 g/mol. The van der Waals surface area contributed by atoms with E-state index in [0.29, 0.717) is 22.7 Å². The molecule has 2 amide bonds. The Bertz CT molecular complexity index is 1350. The zero-order chi connectivity index (χ0) is 25.5. The lowest BCUT2D eigenvalue weighted by molar-refractivity contribution is -0.116. The summed E-state index contributed by atoms with van der Waals surface area (Å²) < 4.78 is 20.3. The van der Waals surface area contributed by atoms with Crippen molar-refractivity contribution in [1.82, 2.24) is 14.5 Å². The number of anilines is 1. The minimum Gasteiger partial charge on any atom is -0.497 e. The van der Waals surface area contributed by atoms with Crippen LogP contribution in [0.4, 0.5) is 10.3 Å². The Morgan fingerprint density at radius 2 is 1.75 bits per heavy atom. The molecule has 8 heteroatoms. The lowest BCUT2D eigenvalue weighted by Crippen LogP contribution is -2.38. The summed E-state index contributed by atoms with van der Waals surface area (Å²) in [5, 5.41) is 2.80. The summed E-state index contributed by atoms with van der Waals surface area (Å²) in [5.74, 6) is -0.251. The summed E-state index contributed by atoms with van der Waals surface area (Å²) in [6, 6.07) is 22.0. The van der Waals surface area contributed by atoms with Gasteiger partial charge in [-0.05, 0) is 48.5 Å². The molecule has 0 aliphatic rings. The van der Waals surface area contributed by atoms with Crippen molar-refractivity contribution >= 4 is 17.8 Å². The van der Waals surface area contributed by atoms with Gasteiger partial charge in [-0.3, -0.25) is 19.5 Å². The molecule has 1 aromatic heterocycles. The van der Waals surface area contributed by atoms with Crippen molar-refractivity contribution in [2.75, 3.05) is 25.5 Å². The molecule has 0 aliphatic carbocycles. The molecule has 0 spiro atoms.